The van der Waals surface area contributed by atoms with E-state index >= 15 is 0 Å². The molecule has 0 atom stereocenters. The molecule has 1 aliphatic rings. The Bertz CT molecular complexity index is 1140. The quantitative estimate of drug-likeness (QED) is 0.566. The van der Waals surface area contributed by atoms with Gasteiger partial charge in [-0.1, -0.05) is 11.3 Å². The molecule has 0 spiro atoms. The molecule has 1 saturated heterocycles. The summed E-state index contributed by atoms with van der Waals surface area (Å²) < 4.78 is 40.7. The van der Waals surface area contributed by atoms with Crippen LogP contribution in [0.5, 0.6) is 0 Å². The Balaban J connectivity index is 1.40. The fraction of sp³-hybridized carbons (Fsp3) is 0.316. The van der Waals surface area contributed by atoms with E-state index in [0.29, 0.717) is 18.8 Å². The summed E-state index contributed by atoms with van der Waals surface area (Å²) in [6.45, 7) is 1.35. The number of hydrogen-bond donors (Lipinski definition) is 1. The van der Waals surface area contributed by atoms with E-state index < -0.39 is 11.7 Å². The van der Waals surface area contributed by atoms with E-state index in [9.17, 15) is 13.2 Å². The molecule has 0 bridgehead atoms. The van der Waals surface area contributed by atoms with Gasteiger partial charge in [0, 0.05) is 36.3 Å². The molecule has 1 fully saturated rings. The van der Waals surface area contributed by atoms with Crippen LogP contribution in [0.2, 0.25) is 0 Å². The number of fused-ring (bicyclic) bond motifs is 3. The molecule has 0 unspecified atom stereocenters. The molecular weight excluding hydrogens is 369 g/mol. The van der Waals surface area contributed by atoms with Crippen molar-refractivity contribution in [3.8, 4) is 0 Å². The van der Waals surface area contributed by atoms with Crippen LogP contribution in [0.3, 0.4) is 0 Å². The molecule has 4 heterocycles. The molecule has 0 aliphatic carbocycles. The number of halogens is 3. The van der Waals surface area contributed by atoms with Gasteiger partial charge in [0.15, 0.2) is 0 Å². The number of benzene rings is 1. The fourth-order valence-electron chi connectivity index (χ4n) is 3.98. The fourth-order valence-corrected chi connectivity index (χ4v) is 3.98. The monoisotopic (exact) mass is 386 g/mol. The van der Waals surface area contributed by atoms with Crippen LogP contribution in [0.4, 0.5) is 18.9 Å². The van der Waals surface area contributed by atoms with Gasteiger partial charge in [0.25, 0.3) is 0 Å². The third kappa shape index (κ3) is 2.78. The largest absolute Gasteiger partial charge is 0.416 e. The van der Waals surface area contributed by atoms with Crippen molar-refractivity contribution in [2.24, 2.45) is 0 Å². The molecule has 0 radical (unpaired) electrons. The molecular formula is C19H17F3N6. The second-order valence-corrected chi connectivity index (χ2v) is 7.06. The second-order valence-electron chi connectivity index (χ2n) is 7.06. The zero-order valence-corrected chi connectivity index (χ0v) is 14.8. The first kappa shape index (κ1) is 17.0. The van der Waals surface area contributed by atoms with Gasteiger partial charge in [0.05, 0.1) is 11.3 Å². The number of H-pyrrole nitrogens is 1. The van der Waals surface area contributed by atoms with Gasteiger partial charge in [-0.15, -0.1) is 5.10 Å². The first-order valence-corrected chi connectivity index (χ1v) is 9.10. The molecule has 6 nitrogen and oxygen atoms in total. The number of nitrogens with zero attached hydrogens (tertiary/aromatic N) is 5. The van der Waals surface area contributed by atoms with Gasteiger partial charge in [0.2, 0.25) is 0 Å². The van der Waals surface area contributed by atoms with E-state index in [4.69, 9.17) is 0 Å². The van der Waals surface area contributed by atoms with Gasteiger partial charge < -0.3 is 9.88 Å². The Morgan fingerprint density at radius 1 is 1.11 bits per heavy atom. The van der Waals surface area contributed by atoms with Crippen LogP contribution in [0.25, 0.3) is 16.6 Å². The Labute approximate surface area is 158 Å². The van der Waals surface area contributed by atoms with E-state index in [-0.39, 0.29) is 5.92 Å². The standard InChI is InChI=1S/C19H17F3N6/c20-19(21,22)13-2-1-3-14(10-13)27-8-5-12(6-9-27)16-17-15-4-7-23-18(15)24-11-28(17)26-25-16/h1-4,7,10-12,23H,5-6,8-9H2. The van der Waals surface area contributed by atoms with Gasteiger partial charge in [-0.2, -0.15) is 13.2 Å². The van der Waals surface area contributed by atoms with Crippen molar-refractivity contribution in [3.63, 3.8) is 0 Å². The molecule has 1 aromatic carbocycles. The molecule has 0 amide bonds. The zero-order valence-electron chi connectivity index (χ0n) is 14.8. The van der Waals surface area contributed by atoms with Crippen LogP contribution in [0, 0.1) is 0 Å². The number of nitrogens with one attached hydrogen (secondary N) is 1. The SMILES string of the molecule is FC(F)(F)c1cccc(N2CCC(c3nnn4cnc5[nH]ccc5c34)CC2)c1. The highest BCUT2D eigenvalue weighted by Crippen LogP contribution is 2.35. The minimum atomic E-state index is -4.33. The highest BCUT2D eigenvalue weighted by molar-refractivity contribution is 5.92. The molecule has 0 saturated carbocycles. The second kappa shape index (κ2) is 6.22. The predicted octanol–water partition coefficient (Wildman–Crippen LogP) is 4.01. The van der Waals surface area contributed by atoms with Crippen LogP contribution in [0.15, 0.2) is 42.9 Å². The lowest BCUT2D eigenvalue weighted by atomic mass is 9.92. The summed E-state index contributed by atoms with van der Waals surface area (Å²) in [5.41, 5.74) is 2.66. The Hall–Kier alpha value is -3.10. The highest BCUT2D eigenvalue weighted by atomic mass is 19.4. The molecule has 4 aromatic rings. The average molecular weight is 386 g/mol. The highest BCUT2D eigenvalue weighted by Gasteiger charge is 2.31. The van der Waals surface area contributed by atoms with Crippen LogP contribution < -0.4 is 4.90 Å². The van der Waals surface area contributed by atoms with Crippen molar-refractivity contribution in [2.75, 3.05) is 18.0 Å². The van der Waals surface area contributed by atoms with Crippen LogP contribution in [0.1, 0.15) is 30.0 Å². The van der Waals surface area contributed by atoms with Gasteiger partial charge in [-0.3, -0.25) is 0 Å². The lowest BCUT2D eigenvalue weighted by Crippen LogP contribution is -2.33. The lowest BCUT2D eigenvalue weighted by Gasteiger charge is -2.33. The summed E-state index contributed by atoms with van der Waals surface area (Å²) in [7, 11) is 0. The number of aromatic nitrogens is 5. The molecule has 1 N–H and O–H groups in total. The first-order chi connectivity index (χ1) is 13.5. The third-order valence-corrected chi connectivity index (χ3v) is 5.42. The summed E-state index contributed by atoms with van der Waals surface area (Å²) in [5.74, 6) is 0.208. The number of aromatic amines is 1. The molecule has 5 rings (SSSR count). The summed E-state index contributed by atoms with van der Waals surface area (Å²) in [6.07, 6.45) is 0.760. The normalized spacial score (nSPS) is 16.3. The topological polar surface area (TPSA) is 62.1 Å². The molecule has 144 valence electrons. The zero-order chi connectivity index (χ0) is 19.3. The van der Waals surface area contributed by atoms with Crippen molar-refractivity contribution in [3.05, 3.63) is 54.1 Å². The van der Waals surface area contributed by atoms with Crippen LogP contribution in [-0.2, 0) is 6.18 Å². The van der Waals surface area contributed by atoms with Crippen molar-refractivity contribution in [1.29, 1.82) is 0 Å². The van der Waals surface area contributed by atoms with Crippen LogP contribution in [-0.4, -0.2) is 37.9 Å². The first-order valence-electron chi connectivity index (χ1n) is 9.10. The molecule has 9 heteroatoms. The number of piperidine rings is 1. The lowest BCUT2D eigenvalue weighted by molar-refractivity contribution is -0.137. The number of anilines is 1. The average Bonchev–Trinajstić information content (AvgIpc) is 3.34. The number of hydrogen-bond acceptors (Lipinski definition) is 4. The minimum Gasteiger partial charge on any atom is -0.371 e. The van der Waals surface area contributed by atoms with Crippen molar-refractivity contribution >= 4 is 22.2 Å². The molecule has 3 aromatic heterocycles. The summed E-state index contributed by atoms with van der Waals surface area (Å²) in [4.78, 5) is 9.41. The number of rotatable bonds is 2. The maximum Gasteiger partial charge on any atom is 0.416 e. The number of alkyl halides is 3. The van der Waals surface area contributed by atoms with Gasteiger partial charge in [-0.05, 0) is 37.1 Å². The van der Waals surface area contributed by atoms with Gasteiger partial charge in [0.1, 0.15) is 17.5 Å². The van der Waals surface area contributed by atoms with Crippen molar-refractivity contribution in [1.82, 2.24) is 24.8 Å². The smallest absolute Gasteiger partial charge is 0.371 e. The van der Waals surface area contributed by atoms with Gasteiger partial charge >= 0.3 is 6.18 Å². The predicted molar refractivity (Wildman–Crippen MR) is 98.3 cm³/mol. The van der Waals surface area contributed by atoms with Crippen molar-refractivity contribution < 1.29 is 13.2 Å². The maximum absolute atomic E-state index is 13.0. The maximum atomic E-state index is 13.0. The summed E-state index contributed by atoms with van der Waals surface area (Å²) in [5, 5.41) is 9.55. The Morgan fingerprint density at radius 3 is 2.71 bits per heavy atom. The molecule has 1 aliphatic heterocycles. The Kier molecular flexibility index (Phi) is 3.78. The van der Waals surface area contributed by atoms with E-state index in [1.165, 1.54) is 12.1 Å². The summed E-state index contributed by atoms with van der Waals surface area (Å²) >= 11 is 0. The van der Waals surface area contributed by atoms with Crippen LogP contribution >= 0.6 is 0 Å². The van der Waals surface area contributed by atoms with Crippen molar-refractivity contribution in [2.45, 2.75) is 24.9 Å². The van der Waals surface area contributed by atoms with E-state index in [2.05, 4.69) is 20.3 Å². The molecule has 28 heavy (non-hydrogen) atoms. The third-order valence-electron chi connectivity index (χ3n) is 5.42. The minimum absolute atomic E-state index is 0.208. The van der Waals surface area contributed by atoms with E-state index in [1.54, 1.807) is 16.9 Å². The Morgan fingerprint density at radius 2 is 1.93 bits per heavy atom. The van der Waals surface area contributed by atoms with E-state index in [1.807, 2.05) is 17.2 Å². The van der Waals surface area contributed by atoms with E-state index in [0.717, 1.165) is 41.2 Å². The van der Waals surface area contributed by atoms with Gasteiger partial charge in [-0.25, -0.2) is 9.50 Å². The summed E-state index contributed by atoms with van der Waals surface area (Å²) in [6, 6.07) is 7.49.